The van der Waals surface area contributed by atoms with Gasteiger partial charge in [-0.15, -0.1) is 0 Å². The first kappa shape index (κ1) is 52.3. The van der Waals surface area contributed by atoms with E-state index in [1.54, 1.807) is 25.9 Å². The van der Waals surface area contributed by atoms with Crippen LogP contribution in [0.15, 0.2) is 158 Å². The highest BCUT2D eigenvalue weighted by Gasteiger charge is 2.32. The maximum absolute atomic E-state index is 2.61. The van der Waals surface area contributed by atoms with Crippen molar-refractivity contribution in [3.05, 3.63) is 163 Å². The van der Waals surface area contributed by atoms with Gasteiger partial charge in [0.25, 0.3) is 0 Å². The topological polar surface area (TPSA) is 9.72 Å². The van der Waals surface area contributed by atoms with Gasteiger partial charge >= 0.3 is 0 Å². The zero-order valence-corrected chi connectivity index (χ0v) is 45.0. The van der Waals surface area contributed by atoms with Gasteiger partial charge in [-0.2, -0.15) is 0 Å². The van der Waals surface area contributed by atoms with Crippen molar-refractivity contribution in [2.24, 2.45) is 0 Å². The Morgan fingerprint density at radius 3 is 1.29 bits per heavy atom. The molecule has 0 atom stereocenters. The van der Waals surface area contributed by atoms with Gasteiger partial charge in [0.1, 0.15) is 16.1 Å². The third-order valence-electron chi connectivity index (χ3n) is 15.0. The quantitative estimate of drug-likeness (QED) is 0.0464. The van der Waals surface area contributed by atoms with Crippen LogP contribution in [0.4, 0.5) is 0 Å². The lowest BCUT2D eigenvalue weighted by Gasteiger charge is -2.29. The summed E-state index contributed by atoms with van der Waals surface area (Å²) in [6.07, 6.45) is 17.0. The summed E-state index contributed by atoms with van der Waals surface area (Å²) < 4.78 is 0. The SMILES string of the molecule is CC[Si](C)(CC)c1ccc(CN2CCCCC2)cc1.CN(C)CCCC[Si](C)(c1ccccc1)c1ccccc1.C[Si](CC/C=C/CN1CCCCC1)(c1ccccc1)c1ccccc1. The van der Waals surface area contributed by atoms with Crippen molar-refractivity contribution in [2.75, 3.05) is 53.4 Å². The molecular formula is C59H87N3Si3. The number of hydrogen-bond donors (Lipinski definition) is 0. The maximum Gasteiger partial charge on any atom is 0.115 e. The fraction of sp³-hybridized carbons (Fsp3) is 0.458. The zero-order chi connectivity index (χ0) is 46.2. The monoisotopic (exact) mass is 922 g/mol. The molecule has 0 N–H and O–H groups in total. The van der Waals surface area contributed by atoms with Crippen molar-refractivity contribution in [2.45, 2.75) is 122 Å². The Morgan fingerprint density at radius 2 is 0.877 bits per heavy atom. The average Bonchev–Trinajstić information content (AvgIpc) is 3.37. The molecule has 2 saturated heterocycles. The molecule has 0 bridgehead atoms. The Kier molecular flexibility index (Phi) is 22.4. The standard InChI is InChI=1S/C23H31NSi.C19H27NSi.C17H29NSi/c1-25(22-14-6-2-7-15-22,23-16-8-3-9-17-23)21-13-5-12-20-24-18-10-4-11-19-24;1-20(2)16-10-11-17-21(3,18-12-6-4-7-13-18)19-14-8-5-9-15-19;1-4-19(3,5-2)17-11-9-16(10-12-17)15-18-13-7-6-8-14-18/h2-3,5-9,12,14-17H,4,10-11,13,18-21H2,1H3;4-9,12-15H,10-11,16-17H2,1-3H3;9-12H,4-8,13-15H2,1-3H3/b12-5+;;. The van der Waals surface area contributed by atoms with Gasteiger partial charge in [0.05, 0.1) is 8.07 Å². The molecule has 2 aliphatic rings. The van der Waals surface area contributed by atoms with E-state index in [1.165, 1.54) is 120 Å². The van der Waals surface area contributed by atoms with Crippen LogP contribution in [0.1, 0.15) is 77.2 Å². The molecule has 3 nitrogen and oxygen atoms in total. The van der Waals surface area contributed by atoms with E-state index in [1.807, 2.05) is 0 Å². The van der Waals surface area contributed by atoms with Crippen LogP contribution in [-0.2, 0) is 6.54 Å². The average molecular weight is 923 g/mol. The van der Waals surface area contributed by atoms with Gasteiger partial charge in [-0.1, -0.05) is 249 Å². The molecule has 0 aromatic heterocycles. The second-order valence-electron chi connectivity index (χ2n) is 20.1. The summed E-state index contributed by atoms with van der Waals surface area (Å²) >= 11 is 0. The van der Waals surface area contributed by atoms with Gasteiger partial charge < -0.3 is 4.90 Å². The highest BCUT2D eigenvalue weighted by molar-refractivity contribution is 7.02. The predicted molar refractivity (Wildman–Crippen MR) is 297 cm³/mol. The van der Waals surface area contributed by atoms with Crippen LogP contribution in [0.2, 0.25) is 43.8 Å². The highest BCUT2D eigenvalue weighted by atomic mass is 28.3. The van der Waals surface area contributed by atoms with E-state index in [0.717, 1.165) is 13.1 Å². The van der Waals surface area contributed by atoms with Crippen LogP contribution in [-0.4, -0.2) is 92.3 Å². The molecule has 2 heterocycles. The van der Waals surface area contributed by atoms with Crippen LogP contribution in [0.5, 0.6) is 0 Å². The third kappa shape index (κ3) is 16.6. The van der Waals surface area contributed by atoms with E-state index in [4.69, 9.17) is 0 Å². The van der Waals surface area contributed by atoms with Gasteiger partial charge in [0, 0.05) is 13.1 Å². The number of benzene rings is 5. The number of nitrogens with zero attached hydrogens (tertiary/aromatic N) is 3. The summed E-state index contributed by atoms with van der Waals surface area (Å²) in [5.74, 6) is 0. The number of piperidine rings is 2. The fourth-order valence-electron chi connectivity index (χ4n) is 9.94. The minimum atomic E-state index is -1.66. The number of allylic oxidation sites excluding steroid dienone is 1. The Labute approximate surface area is 401 Å². The van der Waals surface area contributed by atoms with Crippen LogP contribution in [0.3, 0.4) is 0 Å². The smallest absolute Gasteiger partial charge is 0.115 e. The van der Waals surface area contributed by atoms with E-state index in [9.17, 15) is 0 Å². The van der Waals surface area contributed by atoms with Gasteiger partial charge in [-0.3, -0.25) is 9.80 Å². The second-order valence-corrected chi connectivity index (χ2v) is 33.8. The van der Waals surface area contributed by atoms with Gasteiger partial charge in [-0.25, -0.2) is 0 Å². The van der Waals surface area contributed by atoms with Crippen molar-refractivity contribution in [3.63, 3.8) is 0 Å². The number of hydrogen-bond acceptors (Lipinski definition) is 3. The van der Waals surface area contributed by atoms with Crippen molar-refractivity contribution in [1.82, 2.24) is 14.7 Å². The van der Waals surface area contributed by atoms with E-state index >= 15 is 0 Å². The Balaban J connectivity index is 0.000000185. The number of likely N-dealkylation sites (tertiary alicyclic amines) is 2. The zero-order valence-electron chi connectivity index (χ0n) is 42.0. The summed E-state index contributed by atoms with van der Waals surface area (Å²) in [6.45, 7) is 20.9. The summed E-state index contributed by atoms with van der Waals surface area (Å²) in [5.41, 5.74) is 1.49. The van der Waals surface area contributed by atoms with Crippen molar-refractivity contribution in [3.8, 4) is 0 Å². The summed E-state index contributed by atoms with van der Waals surface area (Å²) in [4.78, 5) is 7.48. The predicted octanol–water partition coefficient (Wildman–Crippen LogP) is 11.5. The van der Waals surface area contributed by atoms with E-state index in [2.05, 4.69) is 220 Å². The fourth-order valence-corrected chi connectivity index (χ4v) is 19.5. The Hall–Kier alpha value is -3.63. The normalized spacial score (nSPS) is 15.3. The second kappa shape index (κ2) is 27.9. The molecule has 5 aromatic rings. The molecule has 0 aliphatic carbocycles. The van der Waals surface area contributed by atoms with Crippen LogP contribution in [0.25, 0.3) is 0 Å². The van der Waals surface area contributed by atoms with E-state index in [0.29, 0.717) is 0 Å². The van der Waals surface area contributed by atoms with Crippen molar-refractivity contribution >= 4 is 50.2 Å². The molecule has 0 radical (unpaired) electrons. The molecule has 0 saturated carbocycles. The first-order chi connectivity index (χ1) is 31.6. The molecule has 7 rings (SSSR count). The van der Waals surface area contributed by atoms with Crippen LogP contribution >= 0.6 is 0 Å². The van der Waals surface area contributed by atoms with Gasteiger partial charge in [0.15, 0.2) is 0 Å². The lowest BCUT2D eigenvalue weighted by molar-refractivity contribution is 0.221. The molecule has 65 heavy (non-hydrogen) atoms. The van der Waals surface area contributed by atoms with Crippen molar-refractivity contribution in [1.29, 1.82) is 0 Å². The molecule has 0 spiro atoms. The molecule has 0 amide bonds. The Morgan fingerprint density at radius 1 is 0.462 bits per heavy atom. The van der Waals surface area contributed by atoms with Crippen LogP contribution < -0.4 is 25.9 Å². The van der Waals surface area contributed by atoms with Crippen molar-refractivity contribution < 1.29 is 0 Å². The number of rotatable bonds is 19. The van der Waals surface area contributed by atoms with E-state index < -0.39 is 24.2 Å². The summed E-state index contributed by atoms with van der Waals surface area (Å²) in [7, 11) is -0.0949. The lowest BCUT2D eigenvalue weighted by Crippen LogP contribution is -2.55. The van der Waals surface area contributed by atoms with Crippen LogP contribution in [0, 0.1) is 0 Å². The first-order valence-electron chi connectivity index (χ1n) is 25.7. The molecule has 5 aromatic carbocycles. The molecule has 6 heteroatoms. The van der Waals surface area contributed by atoms with Gasteiger partial charge in [0.2, 0.25) is 0 Å². The maximum atomic E-state index is 2.61. The third-order valence-corrected chi connectivity index (χ3v) is 29.0. The highest BCUT2D eigenvalue weighted by Crippen LogP contribution is 2.19. The molecule has 2 aliphatic heterocycles. The van der Waals surface area contributed by atoms with E-state index in [-0.39, 0.29) is 0 Å². The molecular weight excluding hydrogens is 835 g/mol. The minimum Gasteiger partial charge on any atom is -0.309 e. The summed E-state index contributed by atoms with van der Waals surface area (Å²) in [6, 6.07) is 59.5. The number of unbranched alkanes of at least 4 members (excludes halogenated alkanes) is 1. The lowest BCUT2D eigenvalue weighted by atomic mass is 10.1. The summed E-state index contributed by atoms with van der Waals surface area (Å²) in [5, 5.41) is 7.85. The first-order valence-corrected chi connectivity index (χ1v) is 34.0. The molecule has 350 valence electrons. The molecule has 2 fully saturated rings. The minimum absolute atomic E-state index is 1.13. The van der Waals surface area contributed by atoms with Gasteiger partial charge in [-0.05, 0) is 103 Å². The largest absolute Gasteiger partial charge is 0.309 e. The Bertz CT molecular complexity index is 1930. The molecule has 0 unspecified atom stereocenters.